The SMILES string of the molecule is CCOC(=O)CC(C)CC1CCC(Oc2cccc(Br)c2C)CC1. The summed E-state index contributed by atoms with van der Waals surface area (Å²) in [5.74, 6) is 2.03. The molecule has 1 aromatic carbocycles. The molecule has 0 bridgehead atoms. The number of hydrogen-bond acceptors (Lipinski definition) is 3. The molecule has 24 heavy (non-hydrogen) atoms. The van der Waals surface area contributed by atoms with Crippen LogP contribution in [-0.2, 0) is 9.53 Å². The van der Waals surface area contributed by atoms with Crippen LogP contribution in [0.25, 0.3) is 0 Å². The van der Waals surface area contributed by atoms with Crippen molar-refractivity contribution in [3.63, 3.8) is 0 Å². The fourth-order valence-electron chi connectivity index (χ4n) is 3.54. The van der Waals surface area contributed by atoms with Crippen LogP contribution in [0.1, 0.15) is 57.9 Å². The lowest BCUT2D eigenvalue weighted by Gasteiger charge is -2.30. The van der Waals surface area contributed by atoms with E-state index >= 15 is 0 Å². The molecule has 0 aliphatic heterocycles. The predicted octanol–water partition coefficient (Wildman–Crippen LogP) is 5.67. The zero-order valence-corrected chi connectivity index (χ0v) is 16.6. The summed E-state index contributed by atoms with van der Waals surface area (Å²) in [6.45, 7) is 6.58. The highest BCUT2D eigenvalue weighted by Gasteiger charge is 2.25. The second kappa shape index (κ2) is 9.45. The molecule has 1 aliphatic carbocycles. The first-order valence-electron chi connectivity index (χ1n) is 9.07. The lowest BCUT2D eigenvalue weighted by molar-refractivity contribution is -0.144. The van der Waals surface area contributed by atoms with E-state index in [9.17, 15) is 4.79 Å². The van der Waals surface area contributed by atoms with Crippen LogP contribution in [0, 0.1) is 18.8 Å². The smallest absolute Gasteiger partial charge is 0.306 e. The highest BCUT2D eigenvalue weighted by molar-refractivity contribution is 9.10. The molecule has 1 unspecified atom stereocenters. The Balaban J connectivity index is 1.75. The third-order valence-electron chi connectivity index (χ3n) is 4.86. The number of carbonyl (C=O) groups excluding carboxylic acids is 1. The topological polar surface area (TPSA) is 35.5 Å². The van der Waals surface area contributed by atoms with Gasteiger partial charge in [0.2, 0.25) is 0 Å². The number of carbonyl (C=O) groups is 1. The van der Waals surface area contributed by atoms with Crippen molar-refractivity contribution in [3.05, 3.63) is 28.2 Å². The summed E-state index contributed by atoms with van der Waals surface area (Å²) >= 11 is 3.56. The zero-order chi connectivity index (χ0) is 17.5. The third-order valence-corrected chi connectivity index (χ3v) is 5.72. The van der Waals surface area contributed by atoms with Crippen LogP contribution in [0.4, 0.5) is 0 Å². The van der Waals surface area contributed by atoms with Crippen molar-refractivity contribution in [3.8, 4) is 5.75 Å². The van der Waals surface area contributed by atoms with Crippen molar-refractivity contribution in [2.24, 2.45) is 11.8 Å². The van der Waals surface area contributed by atoms with Gasteiger partial charge in [-0.25, -0.2) is 0 Å². The van der Waals surface area contributed by atoms with Crippen LogP contribution >= 0.6 is 15.9 Å². The Hall–Kier alpha value is -1.03. The Morgan fingerprint density at radius 2 is 2.00 bits per heavy atom. The molecule has 1 fully saturated rings. The lowest BCUT2D eigenvalue weighted by Crippen LogP contribution is -2.25. The third kappa shape index (κ3) is 5.80. The van der Waals surface area contributed by atoms with E-state index in [0.29, 0.717) is 31.0 Å². The van der Waals surface area contributed by atoms with Gasteiger partial charge < -0.3 is 9.47 Å². The fourth-order valence-corrected chi connectivity index (χ4v) is 3.89. The van der Waals surface area contributed by atoms with E-state index in [1.165, 1.54) is 18.4 Å². The standard InChI is InChI=1S/C20H29BrO3/c1-4-23-20(22)13-14(2)12-16-8-10-17(11-9-16)24-19-7-5-6-18(21)15(19)3/h5-7,14,16-17H,4,8-13H2,1-3H3. The van der Waals surface area contributed by atoms with Crippen molar-refractivity contribution in [1.29, 1.82) is 0 Å². The summed E-state index contributed by atoms with van der Waals surface area (Å²) in [4.78, 5) is 11.6. The second-order valence-electron chi connectivity index (χ2n) is 6.97. The first kappa shape index (κ1) is 19.3. The van der Waals surface area contributed by atoms with E-state index in [4.69, 9.17) is 9.47 Å². The van der Waals surface area contributed by atoms with Crippen LogP contribution in [-0.4, -0.2) is 18.7 Å². The van der Waals surface area contributed by atoms with Gasteiger partial charge in [0, 0.05) is 16.5 Å². The van der Waals surface area contributed by atoms with E-state index in [2.05, 4.69) is 29.8 Å². The summed E-state index contributed by atoms with van der Waals surface area (Å²) < 4.78 is 12.4. The predicted molar refractivity (Wildman–Crippen MR) is 100 cm³/mol. The molecule has 1 aromatic rings. The average Bonchev–Trinajstić information content (AvgIpc) is 2.53. The maximum absolute atomic E-state index is 11.6. The molecule has 2 rings (SSSR count). The van der Waals surface area contributed by atoms with E-state index in [1.54, 1.807) is 0 Å². The van der Waals surface area contributed by atoms with Crippen molar-refractivity contribution in [1.82, 2.24) is 0 Å². The number of benzene rings is 1. The molecule has 3 nitrogen and oxygen atoms in total. The van der Waals surface area contributed by atoms with Gasteiger partial charge >= 0.3 is 5.97 Å². The summed E-state index contributed by atoms with van der Waals surface area (Å²) in [6, 6.07) is 6.12. The minimum absolute atomic E-state index is 0.0628. The monoisotopic (exact) mass is 396 g/mol. The van der Waals surface area contributed by atoms with Crippen LogP contribution in [0.3, 0.4) is 0 Å². The second-order valence-corrected chi connectivity index (χ2v) is 7.83. The minimum Gasteiger partial charge on any atom is -0.490 e. The quantitative estimate of drug-likeness (QED) is 0.556. The molecule has 0 spiro atoms. The Kier molecular flexibility index (Phi) is 7.60. The first-order valence-corrected chi connectivity index (χ1v) is 9.86. The first-order chi connectivity index (χ1) is 11.5. The van der Waals surface area contributed by atoms with Crippen molar-refractivity contribution in [2.45, 2.75) is 65.4 Å². The van der Waals surface area contributed by atoms with Crippen molar-refractivity contribution in [2.75, 3.05) is 6.61 Å². The number of esters is 1. The van der Waals surface area contributed by atoms with Crippen molar-refractivity contribution < 1.29 is 14.3 Å². The Morgan fingerprint density at radius 1 is 1.29 bits per heavy atom. The molecule has 4 heteroatoms. The van der Waals surface area contributed by atoms with Gasteiger partial charge in [-0.3, -0.25) is 4.79 Å². The minimum atomic E-state index is -0.0628. The molecular formula is C20H29BrO3. The van der Waals surface area contributed by atoms with E-state index < -0.39 is 0 Å². The average molecular weight is 397 g/mol. The fraction of sp³-hybridized carbons (Fsp3) is 0.650. The molecule has 0 N–H and O–H groups in total. The van der Waals surface area contributed by atoms with E-state index in [0.717, 1.165) is 29.5 Å². The van der Waals surface area contributed by atoms with Gasteiger partial charge in [-0.05, 0) is 69.9 Å². The Morgan fingerprint density at radius 3 is 2.67 bits per heavy atom. The van der Waals surface area contributed by atoms with Gasteiger partial charge in [0.15, 0.2) is 0 Å². The Bertz CT molecular complexity index is 536. The molecule has 0 saturated heterocycles. The molecule has 134 valence electrons. The Labute approximate surface area is 154 Å². The molecular weight excluding hydrogens is 368 g/mol. The highest BCUT2D eigenvalue weighted by atomic mass is 79.9. The van der Waals surface area contributed by atoms with Gasteiger partial charge in [0.25, 0.3) is 0 Å². The summed E-state index contributed by atoms with van der Waals surface area (Å²) in [5, 5.41) is 0. The van der Waals surface area contributed by atoms with Crippen LogP contribution in [0.15, 0.2) is 22.7 Å². The normalized spacial score (nSPS) is 22.0. The van der Waals surface area contributed by atoms with Crippen LogP contribution < -0.4 is 4.74 Å². The highest BCUT2D eigenvalue weighted by Crippen LogP contribution is 2.34. The van der Waals surface area contributed by atoms with Gasteiger partial charge in [0.05, 0.1) is 12.7 Å². The van der Waals surface area contributed by atoms with Crippen LogP contribution in [0.5, 0.6) is 5.75 Å². The van der Waals surface area contributed by atoms with E-state index in [1.807, 2.05) is 25.1 Å². The number of hydrogen-bond donors (Lipinski definition) is 0. The number of rotatable bonds is 7. The van der Waals surface area contributed by atoms with Gasteiger partial charge in [-0.1, -0.05) is 28.9 Å². The summed E-state index contributed by atoms with van der Waals surface area (Å²) in [7, 11) is 0. The zero-order valence-electron chi connectivity index (χ0n) is 15.0. The van der Waals surface area contributed by atoms with Crippen molar-refractivity contribution >= 4 is 21.9 Å². The number of ether oxygens (including phenoxy) is 2. The molecule has 1 atom stereocenters. The number of halogens is 1. The summed E-state index contributed by atoms with van der Waals surface area (Å²) in [6.07, 6.45) is 6.54. The summed E-state index contributed by atoms with van der Waals surface area (Å²) in [5.41, 5.74) is 1.17. The molecule has 0 heterocycles. The molecule has 0 aromatic heterocycles. The lowest BCUT2D eigenvalue weighted by atomic mass is 9.81. The van der Waals surface area contributed by atoms with Gasteiger partial charge in [0.1, 0.15) is 5.75 Å². The molecule has 1 aliphatic rings. The molecule has 0 radical (unpaired) electrons. The van der Waals surface area contributed by atoms with Crippen LogP contribution in [0.2, 0.25) is 0 Å². The van der Waals surface area contributed by atoms with Gasteiger partial charge in [-0.15, -0.1) is 0 Å². The van der Waals surface area contributed by atoms with E-state index in [-0.39, 0.29) is 5.97 Å². The maximum atomic E-state index is 11.6. The largest absolute Gasteiger partial charge is 0.490 e. The van der Waals surface area contributed by atoms with Gasteiger partial charge in [-0.2, -0.15) is 0 Å². The molecule has 1 saturated carbocycles. The molecule has 0 amide bonds. The maximum Gasteiger partial charge on any atom is 0.306 e.